The molecule has 2 amide bonds. The maximum Gasteiger partial charge on any atom is 0.308 e. The number of nitrogens with one attached hydrogen (secondary N) is 2. The summed E-state index contributed by atoms with van der Waals surface area (Å²) in [5, 5.41) is 5.00. The molecule has 0 bridgehead atoms. The number of carbonyl (C=O) groups excluding carboxylic acids is 3. The molecule has 0 aliphatic rings. The highest BCUT2D eigenvalue weighted by Gasteiger charge is 2.19. The molecule has 0 aromatic heterocycles. The fraction of sp³-hybridized carbons (Fsp3) is 0.211. The molecule has 2 rings (SSSR count). The predicted octanol–water partition coefficient (Wildman–Crippen LogP) is 3.34. The lowest BCUT2D eigenvalue weighted by atomic mass is 10.0. The summed E-state index contributed by atoms with van der Waals surface area (Å²) in [5.74, 6) is -2.23. The van der Waals surface area contributed by atoms with Crippen molar-refractivity contribution in [1.29, 1.82) is 0 Å². The molecule has 0 aliphatic heterocycles. The molecular weight excluding hydrogens is 419 g/mol. The number of carbonyl (C=O) groups is 3. The molecule has 0 unspecified atom stereocenters. The van der Waals surface area contributed by atoms with Gasteiger partial charge in [0.1, 0.15) is 5.82 Å². The number of halogens is 2. The minimum Gasteiger partial charge on any atom is -0.455 e. The summed E-state index contributed by atoms with van der Waals surface area (Å²) in [4.78, 5) is 35.3. The minimum atomic E-state index is -0.666. The van der Waals surface area contributed by atoms with Crippen molar-refractivity contribution < 1.29 is 23.5 Å². The van der Waals surface area contributed by atoms with E-state index in [1.54, 1.807) is 30.3 Å². The smallest absolute Gasteiger partial charge is 0.308 e. The van der Waals surface area contributed by atoms with E-state index in [-0.39, 0.29) is 18.0 Å². The molecule has 8 heteroatoms. The van der Waals surface area contributed by atoms with Gasteiger partial charge in [0.15, 0.2) is 6.61 Å². The lowest BCUT2D eigenvalue weighted by Crippen LogP contribution is -2.29. The molecule has 0 saturated carbocycles. The number of rotatable bonds is 7. The standard InChI is InChI=1S/C19H18BrFN2O4/c1-12(24)22-17(13-5-3-2-4-6-13)10-19(26)27-11-18(25)23-16-8-7-14(20)9-15(16)21/h2-9,17H,10-11H2,1H3,(H,22,24)(H,23,25)/t17-/m0/s1. The molecule has 0 aliphatic carbocycles. The highest BCUT2D eigenvalue weighted by Crippen LogP contribution is 2.19. The van der Waals surface area contributed by atoms with Crippen LogP contribution < -0.4 is 10.6 Å². The molecule has 2 aromatic carbocycles. The van der Waals surface area contributed by atoms with Gasteiger partial charge >= 0.3 is 5.97 Å². The molecule has 27 heavy (non-hydrogen) atoms. The quantitative estimate of drug-likeness (QED) is 0.651. The molecular formula is C19H18BrFN2O4. The number of benzene rings is 2. The van der Waals surface area contributed by atoms with Gasteiger partial charge in [-0.25, -0.2) is 4.39 Å². The van der Waals surface area contributed by atoms with Crippen molar-refractivity contribution in [2.24, 2.45) is 0 Å². The number of ether oxygens (including phenoxy) is 1. The molecule has 2 aromatic rings. The van der Waals surface area contributed by atoms with Crippen molar-refractivity contribution in [2.75, 3.05) is 11.9 Å². The molecule has 2 N–H and O–H groups in total. The van der Waals surface area contributed by atoms with Gasteiger partial charge in [0.05, 0.1) is 18.2 Å². The second-order valence-corrected chi connectivity index (χ2v) is 6.62. The van der Waals surface area contributed by atoms with E-state index in [2.05, 4.69) is 26.6 Å². The number of amides is 2. The first kappa shape index (κ1) is 20.6. The van der Waals surface area contributed by atoms with Crippen molar-refractivity contribution in [3.8, 4) is 0 Å². The topological polar surface area (TPSA) is 84.5 Å². The van der Waals surface area contributed by atoms with Gasteiger partial charge in [-0.05, 0) is 23.8 Å². The van der Waals surface area contributed by atoms with Crippen LogP contribution in [0.2, 0.25) is 0 Å². The maximum absolute atomic E-state index is 13.7. The van der Waals surface area contributed by atoms with Crippen molar-refractivity contribution in [3.05, 3.63) is 64.4 Å². The van der Waals surface area contributed by atoms with E-state index >= 15 is 0 Å². The summed E-state index contributed by atoms with van der Waals surface area (Å²) in [6, 6.07) is 12.5. The van der Waals surface area contributed by atoms with Crippen LogP contribution in [0.25, 0.3) is 0 Å². The molecule has 0 heterocycles. The summed E-state index contributed by atoms with van der Waals surface area (Å²) in [6.07, 6.45) is -0.135. The average Bonchev–Trinajstić information content (AvgIpc) is 2.62. The second kappa shape index (κ2) is 9.82. The summed E-state index contributed by atoms with van der Waals surface area (Å²) in [5.41, 5.74) is 0.727. The molecule has 0 fully saturated rings. The monoisotopic (exact) mass is 436 g/mol. The zero-order valence-corrected chi connectivity index (χ0v) is 16.1. The van der Waals surface area contributed by atoms with Crippen LogP contribution in [0, 0.1) is 5.82 Å². The van der Waals surface area contributed by atoms with Gasteiger partial charge in [-0.1, -0.05) is 46.3 Å². The third-order valence-corrected chi connectivity index (χ3v) is 4.01. The third kappa shape index (κ3) is 6.82. The lowest BCUT2D eigenvalue weighted by molar-refractivity contribution is -0.148. The first-order chi connectivity index (χ1) is 12.8. The lowest BCUT2D eigenvalue weighted by Gasteiger charge is -2.17. The van der Waals surface area contributed by atoms with Crippen LogP contribution in [0.15, 0.2) is 53.0 Å². The van der Waals surface area contributed by atoms with Crippen LogP contribution in [0.3, 0.4) is 0 Å². The highest BCUT2D eigenvalue weighted by molar-refractivity contribution is 9.10. The van der Waals surface area contributed by atoms with Crippen LogP contribution in [0.5, 0.6) is 0 Å². The van der Waals surface area contributed by atoms with E-state index in [1.807, 2.05) is 6.07 Å². The number of hydrogen-bond acceptors (Lipinski definition) is 4. The van der Waals surface area contributed by atoms with Crippen LogP contribution >= 0.6 is 15.9 Å². The largest absolute Gasteiger partial charge is 0.455 e. The maximum atomic E-state index is 13.7. The zero-order valence-electron chi connectivity index (χ0n) is 14.5. The average molecular weight is 437 g/mol. The van der Waals surface area contributed by atoms with E-state index in [4.69, 9.17) is 4.74 Å². The number of esters is 1. The molecule has 6 nitrogen and oxygen atoms in total. The van der Waals surface area contributed by atoms with Crippen LogP contribution in [0.1, 0.15) is 24.9 Å². The summed E-state index contributed by atoms with van der Waals surface area (Å²) in [7, 11) is 0. The Morgan fingerprint density at radius 1 is 1.15 bits per heavy atom. The molecule has 0 radical (unpaired) electrons. The fourth-order valence-electron chi connectivity index (χ4n) is 2.33. The molecule has 142 valence electrons. The number of anilines is 1. The van der Waals surface area contributed by atoms with Crippen LogP contribution in [-0.2, 0) is 19.1 Å². The normalized spacial score (nSPS) is 11.4. The SMILES string of the molecule is CC(=O)N[C@@H](CC(=O)OCC(=O)Nc1ccc(Br)cc1F)c1ccccc1. The molecule has 1 atom stereocenters. The van der Waals surface area contributed by atoms with E-state index in [1.165, 1.54) is 19.1 Å². The Morgan fingerprint density at radius 3 is 2.48 bits per heavy atom. The van der Waals surface area contributed by atoms with Gasteiger partial charge in [-0.15, -0.1) is 0 Å². The Kier molecular flexibility index (Phi) is 7.48. The van der Waals surface area contributed by atoms with E-state index in [0.29, 0.717) is 4.47 Å². The summed E-state index contributed by atoms with van der Waals surface area (Å²) in [6.45, 7) is 0.789. The Balaban J connectivity index is 1.89. The first-order valence-electron chi connectivity index (χ1n) is 8.07. The second-order valence-electron chi connectivity index (χ2n) is 5.70. The van der Waals surface area contributed by atoms with Crippen molar-refractivity contribution in [2.45, 2.75) is 19.4 Å². The Hall–Kier alpha value is -2.74. The van der Waals surface area contributed by atoms with Crippen LogP contribution in [0.4, 0.5) is 10.1 Å². The van der Waals surface area contributed by atoms with Gasteiger partial charge in [-0.3, -0.25) is 14.4 Å². The Labute approximate surface area is 164 Å². The minimum absolute atomic E-state index is 0.0142. The Bertz CT molecular complexity index is 830. The zero-order chi connectivity index (χ0) is 19.8. The molecule has 0 spiro atoms. The predicted molar refractivity (Wildman–Crippen MR) is 101 cm³/mol. The highest BCUT2D eigenvalue weighted by atomic mass is 79.9. The van der Waals surface area contributed by atoms with Gasteiger partial charge in [0.25, 0.3) is 5.91 Å². The molecule has 0 saturated heterocycles. The van der Waals surface area contributed by atoms with Crippen molar-refractivity contribution in [1.82, 2.24) is 5.32 Å². The summed E-state index contributed by atoms with van der Waals surface area (Å²) < 4.78 is 19.2. The van der Waals surface area contributed by atoms with Gasteiger partial charge < -0.3 is 15.4 Å². The fourth-order valence-corrected chi connectivity index (χ4v) is 2.66. The van der Waals surface area contributed by atoms with Gasteiger partial charge in [-0.2, -0.15) is 0 Å². The van der Waals surface area contributed by atoms with Gasteiger partial charge in [0, 0.05) is 11.4 Å². The van der Waals surface area contributed by atoms with Gasteiger partial charge in [0.2, 0.25) is 5.91 Å². The summed E-state index contributed by atoms with van der Waals surface area (Å²) >= 11 is 3.12. The third-order valence-electron chi connectivity index (χ3n) is 3.52. The van der Waals surface area contributed by atoms with E-state index in [0.717, 1.165) is 5.56 Å². The van der Waals surface area contributed by atoms with Crippen molar-refractivity contribution >= 4 is 39.4 Å². The van der Waals surface area contributed by atoms with E-state index in [9.17, 15) is 18.8 Å². The van der Waals surface area contributed by atoms with Crippen LogP contribution in [-0.4, -0.2) is 24.4 Å². The first-order valence-corrected chi connectivity index (χ1v) is 8.87. The van der Waals surface area contributed by atoms with E-state index < -0.39 is 30.3 Å². The Morgan fingerprint density at radius 2 is 1.85 bits per heavy atom. The number of hydrogen-bond donors (Lipinski definition) is 2. The van der Waals surface area contributed by atoms with Crippen molar-refractivity contribution in [3.63, 3.8) is 0 Å².